The van der Waals surface area contributed by atoms with E-state index in [1.807, 2.05) is 47.1 Å². The molecule has 6 rings (SSSR count). The van der Waals surface area contributed by atoms with E-state index in [2.05, 4.69) is 67.5 Å². The quantitative estimate of drug-likeness (QED) is 0.260. The molecule has 7 nitrogen and oxygen atoms in total. The Morgan fingerprint density at radius 2 is 1.62 bits per heavy atom. The molecule has 0 atom stereocenters. The number of pyridine rings is 1. The third kappa shape index (κ3) is 5.80. The number of thiophene rings is 1. The number of anilines is 1. The molecule has 5 aromatic rings. The standard InChI is InChI=1S/C30H26BrN5O2S/c31-23-8-4-22(5-9-23)27-13-12-25(39-27)19-34-15-17-35(18-16-34)30(38)29(37)32-24-10-6-21(7-11-24)26-20-36-14-2-1-3-28(36)33-26/h1-14,20H,15-19H2,(H,32,37). The lowest BCUT2D eigenvalue weighted by atomic mass is 10.1. The maximum Gasteiger partial charge on any atom is 0.313 e. The van der Waals surface area contributed by atoms with E-state index in [4.69, 9.17) is 0 Å². The molecule has 196 valence electrons. The highest BCUT2D eigenvalue weighted by atomic mass is 79.9. The molecule has 1 aliphatic rings. The number of carbonyl (C=O) groups excluding carboxylic acids is 2. The van der Waals surface area contributed by atoms with Crippen molar-refractivity contribution in [2.24, 2.45) is 0 Å². The zero-order chi connectivity index (χ0) is 26.8. The van der Waals surface area contributed by atoms with Gasteiger partial charge >= 0.3 is 11.8 Å². The number of imidazole rings is 1. The summed E-state index contributed by atoms with van der Waals surface area (Å²) in [4.78, 5) is 36.6. The fourth-order valence-electron chi connectivity index (χ4n) is 4.69. The molecular formula is C30H26BrN5O2S. The van der Waals surface area contributed by atoms with Gasteiger partial charge in [0.15, 0.2) is 0 Å². The molecule has 2 aromatic carbocycles. The van der Waals surface area contributed by atoms with Gasteiger partial charge in [-0.25, -0.2) is 4.98 Å². The molecule has 2 amide bonds. The van der Waals surface area contributed by atoms with E-state index >= 15 is 0 Å². The average molecular weight is 601 g/mol. The lowest BCUT2D eigenvalue weighted by molar-refractivity contribution is -0.144. The van der Waals surface area contributed by atoms with Crippen molar-refractivity contribution in [1.82, 2.24) is 19.2 Å². The highest BCUT2D eigenvalue weighted by Crippen LogP contribution is 2.30. The van der Waals surface area contributed by atoms with Crippen LogP contribution < -0.4 is 5.32 Å². The van der Waals surface area contributed by atoms with Crippen molar-refractivity contribution >= 4 is 50.4 Å². The minimum absolute atomic E-state index is 0.493. The zero-order valence-corrected chi connectivity index (χ0v) is 23.5. The molecule has 1 saturated heterocycles. The number of aromatic nitrogens is 2. The predicted molar refractivity (Wildman–Crippen MR) is 159 cm³/mol. The van der Waals surface area contributed by atoms with Crippen molar-refractivity contribution < 1.29 is 9.59 Å². The molecular weight excluding hydrogens is 574 g/mol. The molecule has 0 bridgehead atoms. The summed E-state index contributed by atoms with van der Waals surface area (Å²) >= 11 is 5.28. The molecule has 0 unspecified atom stereocenters. The third-order valence-electron chi connectivity index (χ3n) is 6.83. The van der Waals surface area contributed by atoms with E-state index in [1.165, 1.54) is 15.3 Å². The van der Waals surface area contributed by atoms with Crippen LogP contribution in [0.15, 0.2) is 95.7 Å². The van der Waals surface area contributed by atoms with Gasteiger partial charge < -0.3 is 14.6 Å². The fourth-order valence-corrected chi connectivity index (χ4v) is 6.01. The van der Waals surface area contributed by atoms with Crippen LogP contribution in [0.25, 0.3) is 27.3 Å². The second-order valence-electron chi connectivity index (χ2n) is 9.46. The number of hydrogen-bond donors (Lipinski definition) is 1. The van der Waals surface area contributed by atoms with Crippen molar-refractivity contribution in [3.8, 4) is 21.7 Å². The fraction of sp³-hybridized carbons (Fsp3) is 0.167. The smallest absolute Gasteiger partial charge is 0.313 e. The molecule has 1 aliphatic heterocycles. The highest BCUT2D eigenvalue weighted by Gasteiger charge is 2.26. The largest absolute Gasteiger partial charge is 0.332 e. The van der Waals surface area contributed by atoms with Gasteiger partial charge in [0, 0.05) is 70.6 Å². The van der Waals surface area contributed by atoms with Crippen molar-refractivity contribution in [3.05, 3.63) is 101 Å². The van der Waals surface area contributed by atoms with Crippen molar-refractivity contribution in [1.29, 1.82) is 0 Å². The number of piperazine rings is 1. The number of nitrogens with zero attached hydrogens (tertiary/aromatic N) is 4. The SMILES string of the molecule is O=C(Nc1ccc(-c2cn3ccccc3n2)cc1)C(=O)N1CCN(Cc2ccc(-c3ccc(Br)cc3)s2)CC1. The Morgan fingerprint density at radius 3 is 2.36 bits per heavy atom. The summed E-state index contributed by atoms with van der Waals surface area (Å²) in [6.45, 7) is 3.37. The first-order valence-corrected chi connectivity index (χ1v) is 14.3. The van der Waals surface area contributed by atoms with Gasteiger partial charge in [0.05, 0.1) is 5.69 Å². The van der Waals surface area contributed by atoms with E-state index in [9.17, 15) is 9.59 Å². The van der Waals surface area contributed by atoms with Gasteiger partial charge in [-0.3, -0.25) is 14.5 Å². The first kappa shape index (κ1) is 25.5. The van der Waals surface area contributed by atoms with Crippen LogP contribution in [-0.2, 0) is 16.1 Å². The van der Waals surface area contributed by atoms with Gasteiger partial charge in [0.25, 0.3) is 0 Å². The van der Waals surface area contributed by atoms with Gasteiger partial charge in [0.2, 0.25) is 0 Å². The van der Waals surface area contributed by atoms with E-state index in [1.54, 1.807) is 28.4 Å². The molecule has 0 saturated carbocycles. The van der Waals surface area contributed by atoms with Gasteiger partial charge in [-0.05, 0) is 54.1 Å². The van der Waals surface area contributed by atoms with Crippen LogP contribution in [0.1, 0.15) is 4.88 Å². The van der Waals surface area contributed by atoms with E-state index < -0.39 is 11.8 Å². The Bertz CT molecular complexity index is 1590. The molecule has 39 heavy (non-hydrogen) atoms. The summed E-state index contributed by atoms with van der Waals surface area (Å²) in [5, 5.41) is 2.75. The van der Waals surface area contributed by atoms with Gasteiger partial charge in [-0.15, -0.1) is 11.3 Å². The van der Waals surface area contributed by atoms with Crippen LogP contribution in [0, 0.1) is 0 Å². The number of halogens is 1. The van der Waals surface area contributed by atoms with Crippen LogP contribution in [0.3, 0.4) is 0 Å². The zero-order valence-electron chi connectivity index (χ0n) is 21.1. The van der Waals surface area contributed by atoms with E-state index in [0.717, 1.165) is 41.0 Å². The van der Waals surface area contributed by atoms with Crippen molar-refractivity contribution in [2.75, 3.05) is 31.5 Å². The van der Waals surface area contributed by atoms with Crippen LogP contribution in [0.4, 0.5) is 5.69 Å². The predicted octanol–water partition coefficient (Wildman–Crippen LogP) is 5.78. The molecule has 1 N–H and O–H groups in total. The average Bonchev–Trinajstić information content (AvgIpc) is 3.61. The molecule has 0 spiro atoms. The summed E-state index contributed by atoms with van der Waals surface area (Å²) in [5.74, 6) is -1.10. The number of hydrogen-bond acceptors (Lipinski definition) is 5. The highest BCUT2D eigenvalue weighted by molar-refractivity contribution is 9.10. The molecule has 1 fully saturated rings. The second-order valence-corrected chi connectivity index (χ2v) is 11.5. The number of carbonyl (C=O) groups is 2. The maximum atomic E-state index is 12.8. The molecule has 9 heteroatoms. The molecule has 0 radical (unpaired) electrons. The van der Waals surface area contributed by atoms with Crippen LogP contribution in [0.5, 0.6) is 0 Å². The van der Waals surface area contributed by atoms with Crippen LogP contribution >= 0.6 is 27.3 Å². The third-order valence-corrected chi connectivity index (χ3v) is 8.47. The molecule has 4 heterocycles. The Balaban J connectivity index is 1.00. The Hall–Kier alpha value is -3.79. The summed E-state index contributed by atoms with van der Waals surface area (Å²) < 4.78 is 3.03. The van der Waals surface area contributed by atoms with Crippen LogP contribution in [-0.4, -0.2) is 57.2 Å². The monoisotopic (exact) mass is 599 g/mol. The maximum absolute atomic E-state index is 12.8. The number of amides is 2. The Morgan fingerprint density at radius 1 is 0.872 bits per heavy atom. The minimum atomic E-state index is -0.610. The van der Waals surface area contributed by atoms with Gasteiger partial charge in [0.1, 0.15) is 5.65 Å². The summed E-state index contributed by atoms with van der Waals surface area (Å²) in [6, 6.07) is 25.9. The topological polar surface area (TPSA) is 70.0 Å². The van der Waals surface area contributed by atoms with Crippen LogP contribution in [0.2, 0.25) is 0 Å². The van der Waals surface area contributed by atoms with Crippen molar-refractivity contribution in [2.45, 2.75) is 6.54 Å². The first-order valence-electron chi connectivity index (χ1n) is 12.7. The Labute approximate surface area is 238 Å². The number of fused-ring (bicyclic) bond motifs is 1. The molecule has 0 aliphatic carbocycles. The van der Waals surface area contributed by atoms with Gasteiger partial charge in [-0.1, -0.05) is 46.3 Å². The Kier molecular flexibility index (Phi) is 7.28. The second kappa shape index (κ2) is 11.1. The van der Waals surface area contributed by atoms with E-state index in [0.29, 0.717) is 18.8 Å². The van der Waals surface area contributed by atoms with Crippen molar-refractivity contribution in [3.63, 3.8) is 0 Å². The summed E-state index contributed by atoms with van der Waals surface area (Å²) in [5.41, 5.74) is 4.45. The van der Waals surface area contributed by atoms with Gasteiger partial charge in [-0.2, -0.15) is 0 Å². The minimum Gasteiger partial charge on any atom is -0.332 e. The summed E-state index contributed by atoms with van der Waals surface area (Å²) in [6.07, 6.45) is 3.92. The number of benzene rings is 2. The number of rotatable bonds is 5. The lowest BCUT2D eigenvalue weighted by Gasteiger charge is -2.34. The normalized spacial score (nSPS) is 14.0. The number of nitrogens with one attached hydrogen (secondary N) is 1. The summed E-state index contributed by atoms with van der Waals surface area (Å²) in [7, 11) is 0. The first-order chi connectivity index (χ1) is 19.0. The van der Waals surface area contributed by atoms with E-state index in [-0.39, 0.29) is 0 Å². The molecule has 3 aromatic heterocycles. The lowest BCUT2D eigenvalue weighted by Crippen LogP contribution is -2.51.